The summed E-state index contributed by atoms with van der Waals surface area (Å²) in [7, 11) is 0. The minimum Gasteiger partial charge on any atom is -0.369 e. The molecule has 0 fully saturated rings. The lowest BCUT2D eigenvalue weighted by atomic mass is 9.82. The first-order chi connectivity index (χ1) is 13.1. The van der Waals surface area contributed by atoms with Gasteiger partial charge in [0.2, 0.25) is 5.95 Å². The number of H-pyrrole nitrogens is 2. The van der Waals surface area contributed by atoms with Crippen LogP contribution in [0, 0.1) is 0 Å². The highest BCUT2D eigenvalue weighted by atomic mass is 16.1. The topological polar surface area (TPSA) is 117 Å². The third-order valence-corrected chi connectivity index (χ3v) is 4.89. The zero-order valence-electron chi connectivity index (χ0n) is 14.1. The molecule has 1 atom stereocenters. The van der Waals surface area contributed by atoms with E-state index in [0.717, 1.165) is 10.9 Å². The number of aromatic nitrogens is 3. The van der Waals surface area contributed by atoms with Crippen molar-refractivity contribution in [3.05, 3.63) is 92.0 Å². The molecule has 0 saturated carbocycles. The minimum absolute atomic E-state index is 0.0238. The number of aromatic amines is 2. The number of pyridine rings is 1. The van der Waals surface area contributed by atoms with Crippen molar-refractivity contribution in [2.45, 2.75) is 5.92 Å². The van der Waals surface area contributed by atoms with E-state index in [4.69, 9.17) is 5.73 Å². The number of nitrogen functional groups attached to an aromatic ring is 1. The summed E-state index contributed by atoms with van der Waals surface area (Å²) in [5.41, 5.74) is 8.21. The normalized spacial score (nSPS) is 15.0. The third-order valence-electron chi connectivity index (χ3n) is 4.89. The molecule has 5 rings (SSSR count). The number of fused-ring (bicyclic) bond motifs is 4. The van der Waals surface area contributed by atoms with Gasteiger partial charge in [-0.05, 0) is 11.6 Å². The Balaban J connectivity index is 1.93. The average molecular weight is 357 g/mol. The van der Waals surface area contributed by atoms with Crippen LogP contribution in [0.25, 0.3) is 10.9 Å². The van der Waals surface area contributed by atoms with E-state index in [1.54, 1.807) is 0 Å². The van der Waals surface area contributed by atoms with Crippen LogP contribution in [0.3, 0.4) is 0 Å². The highest BCUT2D eigenvalue weighted by Crippen LogP contribution is 2.43. The van der Waals surface area contributed by atoms with Gasteiger partial charge in [0.25, 0.3) is 11.1 Å². The Labute approximate surface area is 152 Å². The van der Waals surface area contributed by atoms with Crippen LogP contribution >= 0.6 is 0 Å². The van der Waals surface area contributed by atoms with Crippen LogP contribution in [0.1, 0.15) is 22.6 Å². The summed E-state index contributed by atoms with van der Waals surface area (Å²) >= 11 is 0. The molecule has 2 aromatic carbocycles. The highest BCUT2D eigenvalue weighted by molar-refractivity contribution is 5.96. The van der Waals surface area contributed by atoms with Crippen molar-refractivity contribution in [1.82, 2.24) is 15.0 Å². The van der Waals surface area contributed by atoms with Crippen molar-refractivity contribution in [3.8, 4) is 0 Å². The van der Waals surface area contributed by atoms with Gasteiger partial charge >= 0.3 is 0 Å². The van der Waals surface area contributed by atoms with Crippen molar-refractivity contribution in [1.29, 1.82) is 0 Å². The molecule has 3 heterocycles. The second-order valence-electron chi connectivity index (χ2n) is 6.47. The molecule has 1 aliphatic rings. The monoisotopic (exact) mass is 357 g/mol. The number of nitrogens with zero attached hydrogens (tertiary/aromatic N) is 1. The van der Waals surface area contributed by atoms with Crippen LogP contribution < -0.4 is 22.2 Å². The van der Waals surface area contributed by atoms with Gasteiger partial charge < -0.3 is 16.0 Å². The standard InChI is InChI=1S/C20H15N5O2/c21-20-24-17-15(19(27)25-20)13(10-6-2-1-3-7-10)14-16(23-17)11-8-4-5-9-12(11)22-18(14)26/h1-9,13H,(H,22,26)(H4,21,23,24,25,27). The Morgan fingerprint density at radius 2 is 1.56 bits per heavy atom. The predicted molar refractivity (Wildman–Crippen MR) is 105 cm³/mol. The number of hydrogen-bond donors (Lipinski definition) is 4. The van der Waals surface area contributed by atoms with E-state index in [1.165, 1.54) is 0 Å². The van der Waals surface area contributed by atoms with Gasteiger partial charge in [-0.15, -0.1) is 0 Å². The molecule has 7 heteroatoms. The molecule has 0 amide bonds. The molecule has 1 unspecified atom stereocenters. The molecular formula is C20H15N5O2. The van der Waals surface area contributed by atoms with E-state index in [2.05, 4.69) is 20.3 Å². The lowest BCUT2D eigenvalue weighted by Crippen LogP contribution is -2.31. The fourth-order valence-corrected chi connectivity index (χ4v) is 3.77. The molecule has 0 spiro atoms. The zero-order chi connectivity index (χ0) is 18.5. The first kappa shape index (κ1) is 15.4. The average Bonchev–Trinajstić information content (AvgIpc) is 2.67. The third kappa shape index (κ3) is 2.25. The molecule has 27 heavy (non-hydrogen) atoms. The van der Waals surface area contributed by atoms with Crippen LogP contribution in [0.15, 0.2) is 64.2 Å². The Kier molecular flexibility index (Phi) is 3.17. The summed E-state index contributed by atoms with van der Waals surface area (Å²) < 4.78 is 0. The summed E-state index contributed by atoms with van der Waals surface area (Å²) in [5, 5.41) is 4.02. The molecule has 5 N–H and O–H groups in total. The molecule has 2 aromatic heterocycles. The number of benzene rings is 2. The fraction of sp³-hybridized carbons (Fsp3) is 0.0500. The molecule has 0 saturated heterocycles. The van der Waals surface area contributed by atoms with Gasteiger partial charge in [0.1, 0.15) is 5.82 Å². The molecule has 132 valence electrons. The maximum absolute atomic E-state index is 13.0. The van der Waals surface area contributed by atoms with E-state index >= 15 is 0 Å². The van der Waals surface area contributed by atoms with Gasteiger partial charge in [-0.25, -0.2) is 0 Å². The van der Waals surface area contributed by atoms with Crippen molar-refractivity contribution in [3.63, 3.8) is 0 Å². The first-order valence-corrected chi connectivity index (χ1v) is 8.50. The van der Waals surface area contributed by atoms with Crippen LogP contribution in [0.5, 0.6) is 0 Å². The second kappa shape index (κ2) is 5.57. The van der Waals surface area contributed by atoms with E-state index < -0.39 is 5.92 Å². The van der Waals surface area contributed by atoms with Crippen molar-refractivity contribution >= 4 is 28.4 Å². The SMILES string of the molecule is Nc1nc2c(c(=O)[nH]1)C(c1ccccc1)c1c(c3ccccc3[nH]c1=O)N2. The van der Waals surface area contributed by atoms with E-state index in [0.29, 0.717) is 28.1 Å². The highest BCUT2D eigenvalue weighted by Gasteiger charge is 2.34. The molecule has 0 radical (unpaired) electrons. The first-order valence-electron chi connectivity index (χ1n) is 8.50. The molecule has 0 bridgehead atoms. The number of nitrogens with two attached hydrogens (primary N) is 1. The Morgan fingerprint density at radius 3 is 2.37 bits per heavy atom. The van der Waals surface area contributed by atoms with Gasteiger partial charge in [-0.1, -0.05) is 48.5 Å². The Bertz CT molecular complexity index is 1310. The Morgan fingerprint density at radius 1 is 0.852 bits per heavy atom. The van der Waals surface area contributed by atoms with Crippen LogP contribution in [0.2, 0.25) is 0 Å². The van der Waals surface area contributed by atoms with Crippen LogP contribution in [-0.2, 0) is 0 Å². The fourth-order valence-electron chi connectivity index (χ4n) is 3.77. The van der Waals surface area contributed by atoms with Gasteiger partial charge in [0, 0.05) is 5.39 Å². The Hall–Kier alpha value is -3.87. The summed E-state index contributed by atoms with van der Waals surface area (Å²) in [6.07, 6.45) is 0. The second-order valence-corrected chi connectivity index (χ2v) is 6.47. The summed E-state index contributed by atoms with van der Waals surface area (Å²) in [6, 6.07) is 17.0. The van der Waals surface area contributed by atoms with Crippen molar-refractivity contribution < 1.29 is 0 Å². The van der Waals surface area contributed by atoms with E-state index in [1.807, 2.05) is 54.6 Å². The molecule has 1 aliphatic heterocycles. The molecular weight excluding hydrogens is 342 g/mol. The molecule has 0 aliphatic carbocycles. The van der Waals surface area contributed by atoms with Gasteiger partial charge in [-0.3, -0.25) is 14.6 Å². The predicted octanol–water partition coefficient (Wildman–Crippen LogP) is 2.43. The number of nitrogens with one attached hydrogen (secondary N) is 3. The van der Waals surface area contributed by atoms with Gasteiger partial charge in [0.15, 0.2) is 0 Å². The molecule has 4 aromatic rings. The molecule has 7 nitrogen and oxygen atoms in total. The number of hydrogen-bond acceptors (Lipinski definition) is 5. The van der Waals surface area contributed by atoms with Crippen LogP contribution in [0.4, 0.5) is 17.5 Å². The zero-order valence-corrected chi connectivity index (χ0v) is 14.1. The van der Waals surface area contributed by atoms with Gasteiger partial charge in [-0.2, -0.15) is 4.98 Å². The quantitative estimate of drug-likeness (QED) is 0.368. The summed E-state index contributed by atoms with van der Waals surface area (Å²) in [4.78, 5) is 35.5. The lowest BCUT2D eigenvalue weighted by Gasteiger charge is -2.28. The van der Waals surface area contributed by atoms with Gasteiger partial charge in [0.05, 0.1) is 28.2 Å². The van der Waals surface area contributed by atoms with Crippen molar-refractivity contribution in [2.24, 2.45) is 0 Å². The minimum atomic E-state index is -0.553. The summed E-state index contributed by atoms with van der Waals surface area (Å²) in [6.45, 7) is 0. The van der Waals surface area contributed by atoms with Crippen molar-refractivity contribution in [2.75, 3.05) is 11.1 Å². The lowest BCUT2D eigenvalue weighted by molar-refractivity contribution is 0.894. The maximum atomic E-state index is 13.0. The number of anilines is 3. The largest absolute Gasteiger partial charge is 0.369 e. The van der Waals surface area contributed by atoms with Crippen LogP contribution in [-0.4, -0.2) is 15.0 Å². The van der Waals surface area contributed by atoms with E-state index in [9.17, 15) is 9.59 Å². The summed E-state index contributed by atoms with van der Waals surface area (Å²) in [5.74, 6) is -0.160. The maximum Gasteiger partial charge on any atom is 0.258 e. The number of para-hydroxylation sites is 1. The smallest absolute Gasteiger partial charge is 0.258 e. The van der Waals surface area contributed by atoms with E-state index in [-0.39, 0.29) is 17.1 Å². The number of rotatable bonds is 1.